The van der Waals surface area contributed by atoms with Crippen molar-refractivity contribution >= 4 is 23.2 Å². The van der Waals surface area contributed by atoms with E-state index in [1.165, 1.54) is 0 Å². The molecule has 25 heavy (non-hydrogen) atoms. The van der Waals surface area contributed by atoms with Crippen molar-refractivity contribution in [3.8, 4) is 0 Å². The van der Waals surface area contributed by atoms with Gasteiger partial charge in [-0.05, 0) is 49.6 Å². The van der Waals surface area contributed by atoms with Crippen LogP contribution in [-0.4, -0.2) is 18.4 Å². The van der Waals surface area contributed by atoms with Crippen molar-refractivity contribution in [1.82, 2.24) is 5.32 Å². The third kappa shape index (κ3) is 3.50. The lowest BCUT2D eigenvalue weighted by atomic mass is 10.1. The number of benzene rings is 2. The summed E-state index contributed by atoms with van der Waals surface area (Å²) in [4.78, 5) is 25.7. The second kappa shape index (κ2) is 6.97. The van der Waals surface area contributed by atoms with Gasteiger partial charge in [-0.3, -0.25) is 9.59 Å². The molecule has 5 heteroatoms. The van der Waals surface area contributed by atoms with Gasteiger partial charge in [-0.2, -0.15) is 0 Å². The zero-order valence-electron chi connectivity index (χ0n) is 14.4. The molecule has 2 amide bonds. The first-order chi connectivity index (χ1) is 12.1. The van der Waals surface area contributed by atoms with Gasteiger partial charge in [-0.25, -0.2) is 0 Å². The molecule has 1 aliphatic carbocycles. The molecule has 5 nitrogen and oxygen atoms in total. The Kier molecular flexibility index (Phi) is 4.74. The van der Waals surface area contributed by atoms with Crippen LogP contribution in [0.3, 0.4) is 0 Å². The number of nitrogens with zero attached hydrogens (tertiary/aromatic N) is 1. The Morgan fingerprint density at radius 3 is 2.16 bits per heavy atom. The molecule has 1 aliphatic rings. The Morgan fingerprint density at radius 1 is 1.04 bits per heavy atom. The predicted octanol–water partition coefficient (Wildman–Crippen LogP) is 2.73. The Bertz CT molecular complexity index is 752. The summed E-state index contributed by atoms with van der Waals surface area (Å²) in [7, 11) is 0. The van der Waals surface area contributed by atoms with Crippen LogP contribution in [0.1, 0.15) is 25.3 Å². The molecule has 0 spiro atoms. The molecule has 0 aliphatic heterocycles. The highest BCUT2D eigenvalue weighted by Gasteiger charge is 2.55. The van der Waals surface area contributed by atoms with Crippen LogP contribution in [0.4, 0.5) is 11.4 Å². The first-order valence-electron chi connectivity index (χ1n) is 8.56. The predicted molar refractivity (Wildman–Crippen MR) is 98.3 cm³/mol. The summed E-state index contributed by atoms with van der Waals surface area (Å²) in [5.74, 6) is -0.787. The number of amides is 2. The maximum atomic E-state index is 12.1. The summed E-state index contributed by atoms with van der Waals surface area (Å²) in [6, 6.07) is 18.3. The van der Waals surface area contributed by atoms with E-state index in [0.717, 1.165) is 23.5 Å². The van der Waals surface area contributed by atoms with Crippen molar-refractivity contribution in [3.05, 3.63) is 60.2 Å². The number of rotatable bonds is 7. The largest absolute Gasteiger partial charge is 0.369 e. The van der Waals surface area contributed by atoms with Crippen molar-refractivity contribution < 1.29 is 9.59 Å². The molecule has 0 unspecified atom stereocenters. The van der Waals surface area contributed by atoms with Crippen LogP contribution in [0.15, 0.2) is 54.6 Å². The van der Waals surface area contributed by atoms with Gasteiger partial charge in [0.1, 0.15) is 5.41 Å². The molecule has 0 atom stereocenters. The highest BCUT2D eigenvalue weighted by Crippen LogP contribution is 2.45. The molecule has 0 bridgehead atoms. The first kappa shape index (κ1) is 17.0. The number of anilines is 2. The van der Waals surface area contributed by atoms with Crippen LogP contribution in [0.5, 0.6) is 0 Å². The lowest BCUT2D eigenvalue weighted by molar-refractivity contribution is -0.135. The minimum atomic E-state index is -0.966. The van der Waals surface area contributed by atoms with Crippen molar-refractivity contribution in [2.45, 2.75) is 26.3 Å². The molecule has 1 fully saturated rings. The summed E-state index contributed by atoms with van der Waals surface area (Å²) in [6.07, 6.45) is 1.10. The van der Waals surface area contributed by atoms with E-state index in [0.29, 0.717) is 19.4 Å². The molecule has 0 heterocycles. The number of nitrogens with two attached hydrogens (primary N) is 1. The van der Waals surface area contributed by atoms with E-state index in [-0.39, 0.29) is 5.91 Å². The quantitative estimate of drug-likeness (QED) is 0.763. The Morgan fingerprint density at radius 2 is 1.64 bits per heavy atom. The summed E-state index contributed by atoms with van der Waals surface area (Å²) in [5.41, 5.74) is 7.58. The highest BCUT2D eigenvalue weighted by molar-refractivity contribution is 6.07. The number of primary amides is 1. The summed E-state index contributed by atoms with van der Waals surface area (Å²) >= 11 is 0. The van der Waals surface area contributed by atoms with Gasteiger partial charge in [0, 0.05) is 24.5 Å². The number of carbonyl (C=O) groups excluding carboxylic acids is 2. The molecular formula is C20H23N3O2. The molecule has 3 N–H and O–H groups in total. The van der Waals surface area contributed by atoms with Gasteiger partial charge in [0.2, 0.25) is 11.8 Å². The van der Waals surface area contributed by atoms with Crippen LogP contribution < -0.4 is 16.0 Å². The molecule has 130 valence electrons. The zero-order chi connectivity index (χ0) is 17.9. The summed E-state index contributed by atoms with van der Waals surface area (Å²) < 4.78 is 0. The maximum Gasteiger partial charge on any atom is 0.235 e. The molecule has 0 aromatic heterocycles. The first-order valence-corrected chi connectivity index (χ1v) is 8.56. The van der Waals surface area contributed by atoms with E-state index >= 15 is 0 Å². The average Bonchev–Trinajstić information content (AvgIpc) is 3.44. The highest BCUT2D eigenvalue weighted by atomic mass is 16.2. The second-order valence-corrected chi connectivity index (χ2v) is 6.38. The van der Waals surface area contributed by atoms with E-state index in [1.54, 1.807) is 0 Å². The molecule has 2 aromatic rings. The molecule has 2 aromatic carbocycles. The molecule has 0 radical (unpaired) electrons. The standard InChI is InChI=1S/C20H23N3O2/c1-2-23(16-6-4-3-5-7-16)17-10-8-15(9-11-17)14-22-19(25)20(12-13-20)18(21)24/h3-11H,2,12-14H2,1H3,(H2,21,24)(H,22,25). The Labute approximate surface area is 147 Å². The van der Waals surface area contributed by atoms with Crippen molar-refractivity contribution in [2.75, 3.05) is 11.4 Å². The van der Waals surface area contributed by atoms with Crippen LogP contribution in [0, 0.1) is 5.41 Å². The van der Waals surface area contributed by atoms with Gasteiger partial charge in [-0.15, -0.1) is 0 Å². The average molecular weight is 337 g/mol. The van der Waals surface area contributed by atoms with Crippen LogP contribution in [0.25, 0.3) is 0 Å². The number of hydrogen-bond donors (Lipinski definition) is 2. The van der Waals surface area contributed by atoms with Crippen molar-refractivity contribution in [1.29, 1.82) is 0 Å². The lowest BCUT2D eigenvalue weighted by Gasteiger charge is -2.23. The monoisotopic (exact) mass is 337 g/mol. The number of nitrogens with one attached hydrogen (secondary N) is 1. The SMILES string of the molecule is CCN(c1ccccc1)c1ccc(CNC(=O)C2(C(N)=O)CC2)cc1. The third-order valence-electron chi connectivity index (χ3n) is 4.74. The van der Waals surface area contributed by atoms with E-state index in [1.807, 2.05) is 42.5 Å². The Balaban J connectivity index is 1.64. The van der Waals surface area contributed by atoms with Crippen LogP contribution in [0.2, 0.25) is 0 Å². The van der Waals surface area contributed by atoms with Crippen LogP contribution in [-0.2, 0) is 16.1 Å². The smallest absolute Gasteiger partial charge is 0.235 e. The minimum Gasteiger partial charge on any atom is -0.369 e. The van der Waals surface area contributed by atoms with Gasteiger partial charge < -0.3 is 16.0 Å². The normalized spacial score (nSPS) is 14.6. The molecule has 1 saturated carbocycles. The van der Waals surface area contributed by atoms with Gasteiger partial charge in [-0.1, -0.05) is 30.3 Å². The van der Waals surface area contributed by atoms with Gasteiger partial charge in [0.15, 0.2) is 0 Å². The van der Waals surface area contributed by atoms with E-state index in [9.17, 15) is 9.59 Å². The van der Waals surface area contributed by atoms with Gasteiger partial charge >= 0.3 is 0 Å². The van der Waals surface area contributed by atoms with Crippen LogP contribution >= 0.6 is 0 Å². The topological polar surface area (TPSA) is 75.4 Å². The fourth-order valence-corrected chi connectivity index (χ4v) is 2.98. The van der Waals surface area contributed by atoms with Gasteiger partial charge in [0.25, 0.3) is 0 Å². The van der Waals surface area contributed by atoms with Gasteiger partial charge in [0.05, 0.1) is 0 Å². The summed E-state index contributed by atoms with van der Waals surface area (Å²) in [6.45, 7) is 3.37. The lowest BCUT2D eigenvalue weighted by Crippen LogP contribution is -2.40. The zero-order valence-corrected chi connectivity index (χ0v) is 14.4. The number of carbonyl (C=O) groups is 2. The van der Waals surface area contributed by atoms with Crippen molar-refractivity contribution in [3.63, 3.8) is 0 Å². The number of hydrogen-bond acceptors (Lipinski definition) is 3. The Hall–Kier alpha value is -2.82. The maximum absolute atomic E-state index is 12.1. The minimum absolute atomic E-state index is 0.261. The fourth-order valence-electron chi connectivity index (χ4n) is 2.98. The van der Waals surface area contributed by atoms with E-state index in [2.05, 4.69) is 29.3 Å². The molecule has 3 rings (SSSR count). The third-order valence-corrected chi connectivity index (χ3v) is 4.74. The van der Waals surface area contributed by atoms with E-state index < -0.39 is 11.3 Å². The molecular weight excluding hydrogens is 314 g/mol. The molecule has 0 saturated heterocycles. The van der Waals surface area contributed by atoms with E-state index in [4.69, 9.17) is 5.73 Å². The fraction of sp³-hybridized carbons (Fsp3) is 0.300. The number of para-hydroxylation sites is 1. The second-order valence-electron chi connectivity index (χ2n) is 6.38. The van der Waals surface area contributed by atoms with Crippen molar-refractivity contribution in [2.24, 2.45) is 11.1 Å². The summed E-state index contributed by atoms with van der Waals surface area (Å²) in [5, 5.41) is 2.82.